The van der Waals surface area contributed by atoms with Gasteiger partial charge in [-0.15, -0.1) is 11.3 Å². The van der Waals surface area contributed by atoms with Gasteiger partial charge in [-0.1, -0.05) is 6.07 Å². The number of rotatable bonds is 6. The Morgan fingerprint density at radius 3 is 2.29 bits per heavy atom. The third kappa shape index (κ3) is 5.69. The van der Waals surface area contributed by atoms with Gasteiger partial charge in [0.1, 0.15) is 0 Å². The Morgan fingerprint density at radius 2 is 1.75 bits per heavy atom. The van der Waals surface area contributed by atoms with Crippen LogP contribution >= 0.6 is 23.6 Å². The van der Waals surface area contributed by atoms with Crippen LogP contribution in [0, 0.1) is 0 Å². The normalized spacial score (nSPS) is 10.2. The van der Waals surface area contributed by atoms with Crippen LogP contribution in [0.15, 0.2) is 35.7 Å². The Hall–Kier alpha value is -3.11. The third-order valence-corrected chi connectivity index (χ3v) is 4.44. The second-order valence-corrected chi connectivity index (χ2v) is 6.55. The van der Waals surface area contributed by atoms with E-state index >= 15 is 0 Å². The number of thiophene rings is 1. The fourth-order valence-corrected chi connectivity index (χ4v) is 2.90. The van der Waals surface area contributed by atoms with E-state index in [1.165, 1.54) is 50.9 Å². The maximum Gasteiger partial charge on any atom is 0.269 e. The Kier molecular flexibility index (Phi) is 7.78. The van der Waals surface area contributed by atoms with E-state index in [9.17, 15) is 9.59 Å². The molecular weight excluding hydrogens is 402 g/mol. The smallest absolute Gasteiger partial charge is 0.269 e. The van der Waals surface area contributed by atoms with Gasteiger partial charge in [-0.3, -0.25) is 25.8 Å². The van der Waals surface area contributed by atoms with Crippen LogP contribution in [0.4, 0.5) is 0 Å². The van der Waals surface area contributed by atoms with Gasteiger partial charge in [0.05, 0.1) is 21.3 Å². The number of carbonyl (C=O) groups is 2. The van der Waals surface area contributed by atoms with Gasteiger partial charge in [-0.25, -0.2) is 0 Å². The first-order chi connectivity index (χ1) is 13.5. The van der Waals surface area contributed by atoms with Crippen molar-refractivity contribution in [2.75, 3.05) is 21.3 Å². The van der Waals surface area contributed by atoms with E-state index in [0.717, 1.165) is 4.88 Å². The van der Waals surface area contributed by atoms with Crippen molar-refractivity contribution in [3.8, 4) is 17.2 Å². The molecule has 1 aromatic heterocycles. The van der Waals surface area contributed by atoms with Gasteiger partial charge in [0.2, 0.25) is 11.7 Å². The predicted molar refractivity (Wildman–Crippen MR) is 111 cm³/mol. The molecule has 2 aromatic rings. The second-order valence-electron chi connectivity index (χ2n) is 5.16. The predicted octanol–water partition coefficient (Wildman–Crippen LogP) is 2.12. The highest BCUT2D eigenvalue weighted by Gasteiger charge is 2.17. The second kappa shape index (κ2) is 10.3. The van der Waals surface area contributed by atoms with Crippen molar-refractivity contribution in [1.29, 1.82) is 0 Å². The number of ether oxygens (including phenoxy) is 3. The summed E-state index contributed by atoms with van der Waals surface area (Å²) in [4.78, 5) is 25.1. The van der Waals surface area contributed by atoms with Crippen molar-refractivity contribution in [2.45, 2.75) is 0 Å². The van der Waals surface area contributed by atoms with Crippen molar-refractivity contribution < 1.29 is 23.8 Å². The lowest BCUT2D eigenvalue weighted by Gasteiger charge is -2.14. The van der Waals surface area contributed by atoms with Gasteiger partial charge in [0.25, 0.3) is 5.91 Å². The number of methoxy groups -OCH3 is 3. The summed E-state index contributed by atoms with van der Waals surface area (Å²) < 4.78 is 15.6. The SMILES string of the molecule is COc1cc(C(=O)NNC(=S)NC(=O)C=Cc2cccs2)cc(OC)c1OC. The van der Waals surface area contributed by atoms with E-state index in [2.05, 4.69) is 16.2 Å². The van der Waals surface area contributed by atoms with E-state index in [1.807, 2.05) is 17.5 Å². The van der Waals surface area contributed by atoms with Crippen LogP contribution in [-0.4, -0.2) is 38.3 Å². The first-order valence-corrected chi connectivity index (χ1v) is 9.20. The zero-order valence-electron chi connectivity index (χ0n) is 15.4. The number of hydrogen-bond donors (Lipinski definition) is 3. The minimum atomic E-state index is -0.509. The summed E-state index contributed by atoms with van der Waals surface area (Å²) in [6.45, 7) is 0. The Bertz CT molecular complexity index is 856. The van der Waals surface area contributed by atoms with Gasteiger partial charge in [-0.2, -0.15) is 0 Å². The number of carbonyl (C=O) groups excluding carboxylic acids is 2. The highest BCUT2D eigenvalue weighted by Crippen LogP contribution is 2.38. The van der Waals surface area contributed by atoms with Crippen LogP contribution < -0.4 is 30.4 Å². The van der Waals surface area contributed by atoms with Crippen LogP contribution in [0.3, 0.4) is 0 Å². The molecule has 10 heteroatoms. The van der Waals surface area contributed by atoms with Crippen molar-refractivity contribution >= 4 is 46.6 Å². The number of thiocarbonyl (C=S) groups is 1. The molecule has 2 amide bonds. The molecule has 0 atom stereocenters. The van der Waals surface area contributed by atoms with E-state index < -0.39 is 11.8 Å². The van der Waals surface area contributed by atoms with Gasteiger partial charge in [0, 0.05) is 16.5 Å². The Balaban J connectivity index is 1.94. The van der Waals surface area contributed by atoms with E-state index in [0.29, 0.717) is 17.2 Å². The van der Waals surface area contributed by atoms with Crippen molar-refractivity contribution in [3.05, 3.63) is 46.2 Å². The summed E-state index contributed by atoms with van der Waals surface area (Å²) in [6, 6.07) is 6.74. The Morgan fingerprint density at radius 1 is 1.07 bits per heavy atom. The summed E-state index contributed by atoms with van der Waals surface area (Å²) >= 11 is 6.49. The molecule has 2 rings (SSSR count). The largest absolute Gasteiger partial charge is 0.493 e. The van der Waals surface area contributed by atoms with Crippen LogP contribution in [0.5, 0.6) is 17.2 Å². The lowest BCUT2D eigenvalue weighted by atomic mass is 10.1. The zero-order valence-corrected chi connectivity index (χ0v) is 17.0. The maximum atomic E-state index is 12.3. The summed E-state index contributed by atoms with van der Waals surface area (Å²) in [5, 5.41) is 4.28. The zero-order chi connectivity index (χ0) is 20.5. The third-order valence-electron chi connectivity index (χ3n) is 3.40. The molecule has 1 heterocycles. The minimum Gasteiger partial charge on any atom is -0.493 e. The molecule has 0 spiro atoms. The molecule has 0 aliphatic rings. The van der Waals surface area contributed by atoms with Gasteiger partial charge in [0.15, 0.2) is 16.6 Å². The molecular formula is C18H19N3O5S2. The molecule has 1 aromatic carbocycles. The van der Waals surface area contributed by atoms with Gasteiger partial charge >= 0.3 is 0 Å². The minimum absolute atomic E-state index is 0.0541. The van der Waals surface area contributed by atoms with Crippen molar-refractivity contribution in [2.24, 2.45) is 0 Å². The van der Waals surface area contributed by atoms with Crippen LogP contribution in [0.1, 0.15) is 15.2 Å². The molecule has 148 valence electrons. The molecule has 0 saturated heterocycles. The number of hydrogen-bond acceptors (Lipinski definition) is 7. The van der Waals surface area contributed by atoms with Crippen LogP contribution in [0.25, 0.3) is 6.08 Å². The molecule has 0 bridgehead atoms. The molecule has 0 aliphatic heterocycles. The van der Waals surface area contributed by atoms with E-state index in [-0.39, 0.29) is 10.7 Å². The molecule has 28 heavy (non-hydrogen) atoms. The summed E-state index contributed by atoms with van der Waals surface area (Å²) in [7, 11) is 4.37. The van der Waals surface area contributed by atoms with Crippen molar-refractivity contribution in [1.82, 2.24) is 16.2 Å². The van der Waals surface area contributed by atoms with Crippen LogP contribution in [0.2, 0.25) is 0 Å². The van der Waals surface area contributed by atoms with Gasteiger partial charge in [-0.05, 0) is 41.9 Å². The molecule has 8 nitrogen and oxygen atoms in total. The first kappa shape index (κ1) is 21.2. The lowest BCUT2D eigenvalue weighted by molar-refractivity contribution is -0.115. The highest BCUT2D eigenvalue weighted by molar-refractivity contribution is 7.80. The van der Waals surface area contributed by atoms with Gasteiger partial charge < -0.3 is 14.2 Å². The van der Waals surface area contributed by atoms with E-state index in [1.54, 1.807) is 6.08 Å². The number of amides is 2. The van der Waals surface area contributed by atoms with Crippen LogP contribution in [-0.2, 0) is 4.79 Å². The summed E-state index contributed by atoms with van der Waals surface area (Å²) in [5.41, 5.74) is 5.10. The highest BCUT2D eigenvalue weighted by atomic mass is 32.1. The summed E-state index contributed by atoms with van der Waals surface area (Å²) in [6.07, 6.45) is 3.01. The fourth-order valence-electron chi connectivity index (χ4n) is 2.13. The topological polar surface area (TPSA) is 97.9 Å². The average Bonchev–Trinajstić information content (AvgIpc) is 3.22. The molecule has 0 saturated carbocycles. The fraction of sp³-hybridized carbons (Fsp3) is 0.167. The standard InChI is InChI=1S/C18H19N3O5S2/c1-24-13-9-11(10-14(25-2)16(13)26-3)17(23)20-21-18(27)19-15(22)7-6-12-5-4-8-28-12/h4-10H,1-3H3,(H,20,23)(H2,19,21,22,27). The molecule has 3 N–H and O–H groups in total. The lowest BCUT2D eigenvalue weighted by Crippen LogP contribution is -2.48. The molecule has 0 radical (unpaired) electrons. The quantitative estimate of drug-likeness (QED) is 0.373. The monoisotopic (exact) mass is 421 g/mol. The number of nitrogens with one attached hydrogen (secondary N) is 3. The first-order valence-electron chi connectivity index (χ1n) is 7.91. The van der Waals surface area contributed by atoms with E-state index in [4.69, 9.17) is 26.4 Å². The maximum absolute atomic E-state index is 12.3. The molecule has 0 aliphatic carbocycles. The summed E-state index contributed by atoms with van der Waals surface area (Å²) in [5.74, 6) is 0.107. The number of benzene rings is 1. The Labute approximate surface area is 171 Å². The average molecular weight is 422 g/mol. The van der Waals surface area contributed by atoms with Crippen molar-refractivity contribution in [3.63, 3.8) is 0 Å². The number of hydrazine groups is 1. The molecule has 0 fully saturated rings. The molecule has 0 unspecified atom stereocenters.